The number of carbonyl (C=O) groups is 1. The second-order valence-electron chi connectivity index (χ2n) is 5.29. The summed E-state index contributed by atoms with van der Waals surface area (Å²) in [6, 6.07) is 15.1. The Morgan fingerprint density at radius 3 is 2.58 bits per heavy atom. The highest BCUT2D eigenvalue weighted by Crippen LogP contribution is 2.28. The summed E-state index contributed by atoms with van der Waals surface area (Å²) >= 11 is 0. The lowest BCUT2D eigenvalue weighted by Gasteiger charge is -2.25. The quantitative estimate of drug-likeness (QED) is 0.651. The number of benzene rings is 2. The van der Waals surface area contributed by atoms with Crippen LogP contribution in [0, 0.1) is 11.3 Å². The Bertz CT molecular complexity index is 765. The molecule has 0 aliphatic carbocycles. The second-order valence-corrected chi connectivity index (χ2v) is 5.29. The molecule has 0 atom stereocenters. The third-order valence-electron chi connectivity index (χ3n) is 3.68. The van der Waals surface area contributed by atoms with E-state index in [1.807, 2.05) is 31.2 Å². The molecular formula is C19H21N3O2. The molecule has 0 spiro atoms. The molecule has 5 heteroatoms. The molecule has 124 valence electrons. The second kappa shape index (κ2) is 8.02. The van der Waals surface area contributed by atoms with E-state index in [9.17, 15) is 10.1 Å². The van der Waals surface area contributed by atoms with E-state index in [0.29, 0.717) is 17.9 Å². The number of nitriles is 1. The standard InChI is InChI=1S/C19H21N3O2/c1-3-14-8-9-18(10-15(14)12-20)22(13-19(23)24-4-2)17-7-5-6-16(21)11-17/h5-11H,3-4,13,21H2,1-2H3. The number of nitrogens with zero attached hydrogens (tertiary/aromatic N) is 2. The van der Waals surface area contributed by atoms with Gasteiger partial charge in [0, 0.05) is 17.1 Å². The minimum atomic E-state index is -0.335. The van der Waals surface area contributed by atoms with E-state index in [2.05, 4.69) is 6.07 Å². The molecule has 0 aliphatic heterocycles. The zero-order valence-electron chi connectivity index (χ0n) is 14.0. The number of esters is 1. The molecule has 0 amide bonds. The normalized spacial score (nSPS) is 10.0. The van der Waals surface area contributed by atoms with Crippen LogP contribution in [-0.4, -0.2) is 19.1 Å². The molecule has 0 bridgehead atoms. The van der Waals surface area contributed by atoms with Crippen molar-refractivity contribution in [1.29, 1.82) is 5.26 Å². The molecule has 0 saturated heterocycles. The maximum absolute atomic E-state index is 12.0. The summed E-state index contributed by atoms with van der Waals surface area (Å²) in [6.45, 7) is 4.14. The first-order chi connectivity index (χ1) is 11.6. The number of hydrogen-bond donors (Lipinski definition) is 1. The number of ether oxygens (including phenoxy) is 1. The van der Waals surface area contributed by atoms with Gasteiger partial charge in [0.15, 0.2) is 0 Å². The third kappa shape index (κ3) is 4.05. The minimum absolute atomic E-state index is 0.0492. The topological polar surface area (TPSA) is 79.3 Å². The molecule has 0 fully saturated rings. The number of carbonyl (C=O) groups excluding carboxylic acids is 1. The van der Waals surface area contributed by atoms with Crippen molar-refractivity contribution in [2.45, 2.75) is 20.3 Å². The van der Waals surface area contributed by atoms with Crippen LogP contribution in [0.1, 0.15) is 25.0 Å². The van der Waals surface area contributed by atoms with Crippen molar-refractivity contribution in [1.82, 2.24) is 0 Å². The lowest BCUT2D eigenvalue weighted by molar-refractivity contribution is -0.141. The Hall–Kier alpha value is -3.00. The maximum atomic E-state index is 12.0. The average molecular weight is 323 g/mol. The predicted octanol–water partition coefficient (Wildman–Crippen LogP) is 3.40. The van der Waals surface area contributed by atoms with Gasteiger partial charge in [-0.1, -0.05) is 19.1 Å². The molecule has 2 N–H and O–H groups in total. The highest BCUT2D eigenvalue weighted by atomic mass is 16.5. The highest BCUT2D eigenvalue weighted by Gasteiger charge is 2.16. The Morgan fingerprint density at radius 1 is 1.21 bits per heavy atom. The van der Waals surface area contributed by atoms with Crippen LogP contribution in [0.5, 0.6) is 0 Å². The van der Waals surface area contributed by atoms with Crippen LogP contribution < -0.4 is 10.6 Å². The average Bonchev–Trinajstić information content (AvgIpc) is 2.59. The minimum Gasteiger partial charge on any atom is -0.465 e. The molecule has 0 saturated carbocycles. The third-order valence-corrected chi connectivity index (χ3v) is 3.68. The summed E-state index contributed by atoms with van der Waals surface area (Å²) in [7, 11) is 0. The number of nitrogen functional groups attached to an aromatic ring is 1. The Morgan fingerprint density at radius 2 is 1.96 bits per heavy atom. The summed E-state index contributed by atoms with van der Waals surface area (Å²) in [4.78, 5) is 13.8. The molecule has 2 aromatic rings. The molecule has 0 aromatic heterocycles. The molecule has 0 unspecified atom stereocenters. The molecule has 0 radical (unpaired) electrons. The van der Waals surface area contributed by atoms with Gasteiger partial charge in [-0.2, -0.15) is 5.26 Å². The molecule has 0 heterocycles. The highest BCUT2D eigenvalue weighted by molar-refractivity contribution is 5.81. The van der Waals surface area contributed by atoms with E-state index in [1.165, 1.54) is 0 Å². The zero-order chi connectivity index (χ0) is 17.5. The number of rotatable bonds is 6. The molecule has 2 rings (SSSR count). The summed E-state index contributed by atoms with van der Waals surface area (Å²) in [5.74, 6) is -0.335. The van der Waals surface area contributed by atoms with E-state index < -0.39 is 0 Å². The van der Waals surface area contributed by atoms with Gasteiger partial charge in [0.1, 0.15) is 6.54 Å². The van der Waals surface area contributed by atoms with Crippen molar-refractivity contribution in [3.8, 4) is 6.07 Å². The van der Waals surface area contributed by atoms with Crippen LogP contribution in [0.25, 0.3) is 0 Å². The van der Waals surface area contributed by atoms with Crippen molar-refractivity contribution in [2.24, 2.45) is 0 Å². The Labute approximate surface area is 142 Å². The van der Waals surface area contributed by atoms with Crippen molar-refractivity contribution in [3.05, 3.63) is 53.6 Å². The van der Waals surface area contributed by atoms with Gasteiger partial charge < -0.3 is 15.4 Å². The van der Waals surface area contributed by atoms with Gasteiger partial charge >= 0.3 is 5.97 Å². The van der Waals surface area contributed by atoms with Gasteiger partial charge in [0.25, 0.3) is 0 Å². The lowest BCUT2D eigenvalue weighted by atomic mass is 10.0. The van der Waals surface area contributed by atoms with Gasteiger partial charge in [-0.05, 0) is 49.2 Å². The van der Waals surface area contributed by atoms with Crippen LogP contribution in [0.4, 0.5) is 17.1 Å². The fourth-order valence-corrected chi connectivity index (χ4v) is 2.50. The first kappa shape index (κ1) is 17.4. The van der Waals surface area contributed by atoms with Crippen LogP contribution in [0.3, 0.4) is 0 Å². The summed E-state index contributed by atoms with van der Waals surface area (Å²) in [6.07, 6.45) is 0.777. The van der Waals surface area contributed by atoms with Gasteiger partial charge in [0.05, 0.1) is 18.2 Å². The monoisotopic (exact) mass is 323 g/mol. The fraction of sp³-hybridized carbons (Fsp3) is 0.263. The van der Waals surface area contributed by atoms with Crippen LogP contribution in [0.15, 0.2) is 42.5 Å². The summed E-state index contributed by atoms with van der Waals surface area (Å²) in [5.41, 5.74) is 9.58. The van der Waals surface area contributed by atoms with E-state index in [0.717, 1.165) is 23.4 Å². The number of nitrogens with two attached hydrogens (primary N) is 1. The van der Waals surface area contributed by atoms with E-state index in [1.54, 1.807) is 30.0 Å². The number of anilines is 3. The van der Waals surface area contributed by atoms with Gasteiger partial charge in [-0.3, -0.25) is 4.79 Å². The molecular weight excluding hydrogens is 302 g/mol. The van der Waals surface area contributed by atoms with Crippen molar-refractivity contribution in [3.63, 3.8) is 0 Å². The SMILES string of the molecule is CCOC(=O)CN(c1cccc(N)c1)c1ccc(CC)c(C#N)c1. The number of hydrogen-bond acceptors (Lipinski definition) is 5. The molecule has 24 heavy (non-hydrogen) atoms. The van der Waals surface area contributed by atoms with Crippen molar-refractivity contribution in [2.75, 3.05) is 23.8 Å². The number of aryl methyl sites for hydroxylation is 1. The van der Waals surface area contributed by atoms with Crippen LogP contribution in [0.2, 0.25) is 0 Å². The largest absolute Gasteiger partial charge is 0.465 e. The molecule has 5 nitrogen and oxygen atoms in total. The first-order valence-electron chi connectivity index (χ1n) is 7.90. The summed E-state index contributed by atoms with van der Waals surface area (Å²) in [5, 5.41) is 9.36. The van der Waals surface area contributed by atoms with E-state index in [4.69, 9.17) is 10.5 Å². The lowest BCUT2D eigenvalue weighted by Crippen LogP contribution is -2.27. The summed E-state index contributed by atoms with van der Waals surface area (Å²) < 4.78 is 5.07. The smallest absolute Gasteiger partial charge is 0.325 e. The Balaban J connectivity index is 2.46. The zero-order valence-corrected chi connectivity index (χ0v) is 14.0. The maximum Gasteiger partial charge on any atom is 0.325 e. The fourth-order valence-electron chi connectivity index (χ4n) is 2.50. The molecule has 2 aromatic carbocycles. The van der Waals surface area contributed by atoms with Crippen molar-refractivity contribution < 1.29 is 9.53 Å². The molecule has 0 aliphatic rings. The van der Waals surface area contributed by atoms with Gasteiger partial charge in [-0.15, -0.1) is 0 Å². The van der Waals surface area contributed by atoms with Crippen LogP contribution in [-0.2, 0) is 16.0 Å². The van der Waals surface area contributed by atoms with E-state index >= 15 is 0 Å². The van der Waals surface area contributed by atoms with Crippen molar-refractivity contribution >= 4 is 23.0 Å². The van der Waals surface area contributed by atoms with Crippen LogP contribution >= 0.6 is 0 Å². The Kier molecular flexibility index (Phi) is 5.80. The van der Waals surface area contributed by atoms with Gasteiger partial charge in [-0.25, -0.2) is 0 Å². The van der Waals surface area contributed by atoms with E-state index in [-0.39, 0.29) is 12.5 Å². The first-order valence-corrected chi connectivity index (χ1v) is 7.90. The van der Waals surface area contributed by atoms with Gasteiger partial charge in [0.2, 0.25) is 0 Å². The predicted molar refractivity (Wildman–Crippen MR) is 95.0 cm³/mol.